The molecule has 0 unspecified atom stereocenters. The van der Waals surface area contributed by atoms with E-state index in [9.17, 15) is 4.79 Å². The number of carbonyl (C=O) groups excluding carboxylic acids is 1. The third-order valence-electron chi connectivity index (χ3n) is 4.23. The van der Waals surface area contributed by atoms with Gasteiger partial charge >= 0.3 is 0 Å². The average molecular weight is 350 g/mol. The Morgan fingerprint density at radius 2 is 1.32 bits per heavy atom. The Morgan fingerprint density at radius 3 is 1.88 bits per heavy atom. The van der Waals surface area contributed by atoms with E-state index in [1.807, 2.05) is 60.7 Å². The molecule has 3 aromatic rings. The van der Waals surface area contributed by atoms with Crippen LogP contribution in [-0.4, -0.2) is 5.91 Å². The van der Waals surface area contributed by atoms with E-state index < -0.39 is 0 Å². The fourth-order valence-corrected chi connectivity index (χ4v) is 3.09. The highest BCUT2D eigenvalue weighted by Crippen LogP contribution is 2.27. The van der Waals surface area contributed by atoms with Crippen molar-refractivity contribution in [3.63, 3.8) is 0 Å². The van der Waals surface area contributed by atoms with E-state index in [0.717, 1.165) is 16.7 Å². The third-order valence-corrected chi connectivity index (χ3v) is 4.60. The van der Waals surface area contributed by atoms with Crippen LogP contribution in [0.1, 0.15) is 29.0 Å². The Balaban J connectivity index is 1.72. The Kier molecular flexibility index (Phi) is 5.86. The first kappa shape index (κ1) is 17.2. The minimum Gasteiger partial charge on any atom is -0.352 e. The summed E-state index contributed by atoms with van der Waals surface area (Å²) in [5, 5.41) is 3.66. The minimum absolute atomic E-state index is 0.0117. The molecular weight excluding hydrogens is 330 g/mol. The number of halogens is 1. The lowest BCUT2D eigenvalue weighted by molar-refractivity contribution is -0.121. The van der Waals surface area contributed by atoms with Gasteiger partial charge in [0.2, 0.25) is 5.91 Å². The van der Waals surface area contributed by atoms with Crippen LogP contribution >= 0.6 is 11.6 Å². The highest BCUT2D eigenvalue weighted by atomic mass is 35.5. The van der Waals surface area contributed by atoms with Gasteiger partial charge in [-0.3, -0.25) is 4.79 Å². The van der Waals surface area contributed by atoms with Crippen molar-refractivity contribution in [3.05, 3.63) is 107 Å². The van der Waals surface area contributed by atoms with Gasteiger partial charge in [-0.2, -0.15) is 0 Å². The Labute approximate surface area is 153 Å². The molecule has 3 heteroatoms. The normalized spacial score (nSPS) is 10.6. The Hall–Kier alpha value is -2.58. The molecule has 0 aromatic heterocycles. The number of hydrogen-bond acceptors (Lipinski definition) is 1. The molecule has 0 bridgehead atoms. The average Bonchev–Trinajstić information content (AvgIpc) is 2.67. The fourth-order valence-electron chi connectivity index (χ4n) is 2.89. The number of hydrogen-bond donors (Lipinski definition) is 1. The lowest BCUT2D eigenvalue weighted by Gasteiger charge is -2.18. The van der Waals surface area contributed by atoms with Crippen LogP contribution in [0.25, 0.3) is 0 Å². The van der Waals surface area contributed by atoms with E-state index in [1.54, 1.807) is 0 Å². The molecule has 0 atom stereocenters. The zero-order chi connectivity index (χ0) is 17.5. The Bertz CT molecular complexity index is 778. The van der Waals surface area contributed by atoms with Crippen LogP contribution in [0.5, 0.6) is 0 Å². The fraction of sp³-hybridized carbons (Fsp3) is 0.136. The Morgan fingerprint density at radius 1 is 0.800 bits per heavy atom. The number of rotatable bonds is 6. The van der Waals surface area contributed by atoms with Crippen LogP contribution < -0.4 is 5.32 Å². The van der Waals surface area contributed by atoms with Crippen molar-refractivity contribution in [2.75, 3.05) is 0 Å². The highest BCUT2D eigenvalue weighted by Gasteiger charge is 2.18. The first-order chi connectivity index (χ1) is 12.2. The van der Waals surface area contributed by atoms with Gasteiger partial charge in [-0.05, 0) is 22.8 Å². The summed E-state index contributed by atoms with van der Waals surface area (Å²) in [4.78, 5) is 12.5. The van der Waals surface area contributed by atoms with Crippen molar-refractivity contribution < 1.29 is 4.79 Å². The molecule has 0 saturated heterocycles. The van der Waals surface area contributed by atoms with E-state index in [-0.39, 0.29) is 11.8 Å². The smallest absolute Gasteiger partial charge is 0.221 e. The van der Waals surface area contributed by atoms with E-state index in [1.165, 1.54) is 0 Å². The topological polar surface area (TPSA) is 29.1 Å². The lowest BCUT2D eigenvalue weighted by atomic mass is 9.88. The summed E-state index contributed by atoms with van der Waals surface area (Å²) < 4.78 is 0. The van der Waals surface area contributed by atoms with Gasteiger partial charge < -0.3 is 5.32 Å². The molecule has 0 aliphatic heterocycles. The first-order valence-corrected chi connectivity index (χ1v) is 8.72. The molecule has 1 N–H and O–H groups in total. The standard InChI is InChI=1S/C22H20ClNO/c23-21-14-8-7-13-19(21)16-24-22(25)15-20(17-9-3-1-4-10-17)18-11-5-2-6-12-18/h1-14,20H,15-16H2,(H,24,25). The molecule has 0 spiro atoms. The SMILES string of the molecule is O=C(CC(c1ccccc1)c1ccccc1)NCc1ccccc1Cl. The number of benzene rings is 3. The van der Waals surface area contributed by atoms with Gasteiger partial charge in [0.05, 0.1) is 0 Å². The van der Waals surface area contributed by atoms with Gasteiger partial charge in [0.15, 0.2) is 0 Å². The summed E-state index contributed by atoms with van der Waals surface area (Å²) in [5.41, 5.74) is 3.21. The van der Waals surface area contributed by atoms with E-state index in [0.29, 0.717) is 18.0 Å². The molecule has 126 valence electrons. The van der Waals surface area contributed by atoms with Crippen LogP contribution in [0.2, 0.25) is 5.02 Å². The maximum Gasteiger partial charge on any atom is 0.221 e. The van der Waals surface area contributed by atoms with Gasteiger partial charge in [-0.25, -0.2) is 0 Å². The molecule has 3 rings (SSSR count). The van der Waals surface area contributed by atoms with Gasteiger partial charge in [-0.15, -0.1) is 0 Å². The third kappa shape index (κ3) is 4.71. The second kappa shape index (κ2) is 8.50. The number of nitrogens with one attached hydrogen (secondary N) is 1. The number of carbonyl (C=O) groups is 1. The molecule has 0 saturated carbocycles. The quantitative estimate of drug-likeness (QED) is 0.652. The number of amides is 1. The van der Waals surface area contributed by atoms with Gasteiger partial charge in [-0.1, -0.05) is 90.5 Å². The summed E-state index contributed by atoms with van der Waals surface area (Å²) in [6.45, 7) is 0.439. The van der Waals surface area contributed by atoms with Crippen molar-refractivity contribution in [1.82, 2.24) is 5.32 Å². The molecule has 0 aliphatic rings. The summed E-state index contributed by atoms with van der Waals surface area (Å²) in [6, 6.07) is 27.8. The summed E-state index contributed by atoms with van der Waals surface area (Å²) >= 11 is 6.15. The predicted octanol–water partition coefficient (Wildman–Crippen LogP) is 5.18. The van der Waals surface area contributed by atoms with E-state index in [4.69, 9.17) is 11.6 Å². The molecule has 25 heavy (non-hydrogen) atoms. The zero-order valence-corrected chi connectivity index (χ0v) is 14.6. The minimum atomic E-state index is 0.0117. The highest BCUT2D eigenvalue weighted by molar-refractivity contribution is 6.31. The van der Waals surface area contributed by atoms with Gasteiger partial charge in [0.1, 0.15) is 0 Å². The zero-order valence-electron chi connectivity index (χ0n) is 13.9. The summed E-state index contributed by atoms with van der Waals surface area (Å²) in [5.74, 6) is 0.0475. The van der Waals surface area contributed by atoms with E-state index in [2.05, 4.69) is 29.6 Å². The van der Waals surface area contributed by atoms with Crippen molar-refractivity contribution in [3.8, 4) is 0 Å². The molecule has 0 fully saturated rings. The lowest BCUT2D eigenvalue weighted by Crippen LogP contribution is -2.25. The largest absolute Gasteiger partial charge is 0.352 e. The van der Waals surface area contributed by atoms with E-state index >= 15 is 0 Å². The second-order valence-corrected chi connectivity index (χ2v) is 6.35. The van der Waals surface area contributed by atoms with Crippen molar-refractivity contribution in [1.29, 1.82) is 0 Å². The maximum atomic E-state index is 12.5. The molecule has 0 heterocycles. The van der Waals surface area contributed by atoms with Crippen LogP contribution in [0.3, 0.4) is 0 Å². The first-order valence-electron chi connectivity index (χ1n) is 8.34. The summed E-state index contributed by atoms with van der Waals surface area (Å²) in [7, 11) is 0. The van der Waals surface area contributed by atoms with Crippen molar-refractivity contribution >= 4 is 17.5 Å². The molecule has 0 aliphatic carbocycles. The van der Waals surface area contributed by atoms with Crippen LogP contribution in [-0.2, 0) is 11.3 Å². The van der Waals surface area contributed by atoms with Crippen LogP contribution in [0.4, 0.5) is 0 Å². The molecular formula is C22H20ClNO. The van der Waals surface area contributed by atoms with Gasteiger partial charge in [0.25, 0.3) is 0 Å². The summed E-state index contributed by atoms with van der Waals surface area (Å²) in [6.07, 6.45) is 0.401. The molecule has 0 radical (unpaired) electrons. The molecule has 1 amide bonds. The van der Waals surface area contributed by atoms with Crippen molar-refractivity contribution in [2.45, 2.75) is 18.9 Å². The maximum absolute atomic E-state index is 12.5. The predicted molar refractivity (Wildman–Crippen MR) is 103 cm³/mol. The van der Waals surface area contributed by atoms with Crippen LogP contribution in [0.15, 0.2) is 84.9 Å². The van der Waals surface area contributed by atoms with Crippen LogP contribution in [0, 0.1) is 0 Å². The molecule has 2 nitrogen and oxygen atoms in total. The van der Waals surface area contributed by atoms with Crippen molar-refractivity contribution in [2.24, 2.45) is 0 Å². The monoisotopic (exact) mass is 349 g/mol. The second-order valence-electron chi connectivity index (χ2n) is 5.95. The van der Waals surface area contributed by atoms with Gasteiger partial charge in [0, 0.05) is 23.9 Å². The molecule has 3 aromatic carbocycles.